The Bertz CT molecular complexity index is 827. The van der Waals surface area contributed by atoms with Crippen molar-refractivity contribution in [2.45, 2.75) is 19.4 Å². The van der Waals surface area contributed by atoms with Crippen LogP contribution in [-0.4, -0.2) is 40.3 Å². The van der Waals surface area contributed by atoms with Crippen LogP contribution < -0.4 is 20.5 Å². The summed E-state index contributed by atoms with van der Waals surface area (Å²) < 4.78 is 5.55. The standard InChI is InChI=1S/C17H17N5O4/c1-11-17(25)22(13-4-2-3-5-14(13)26-11)9-6-15(23)20-21-16(24)12-10-18-7-8-19-12/h2-5,7-8,10-11H,6,9H2,1H3,(H,20,23)(H,21,24). The molecule has 2 aromatic rings. The van der Waals surface area contributed by atoms with Crippen LogP contribution in [0.2, 0.25) is 0 Å². The van der Waals surface area contributed by atoms with E-state index in [2.05, 4.69) is 20.8 Å². The van der Waals surface area contributed by atoms with Crippen molar-refractivity contribution in [2.24, 2.45) is 0 Å². The monoisotopic (exact) mass is 355 g/mol. The zero-order chi connectivity index (χ0) is 18.5. The quantitative estimate of drug-likeness (QED) is 0.770. The third-order valence-electron chi connectivity index (χ3n) is 3.75. The molecule has 1 aromatic carbocycles. The molecule has 9 heteroatoms. The number of amides is 3. The first-order valence-corrected chi connectivity index (χ1v) is 7.98. The number of carbonyl (C=O) groups is 3. The van der Waals surface area contributed by atoms with Crippen LogP contribution in [0.15, 0.2) is 42.9 Å². The van der Waals surface area contributed by atoms with Gasteiger partial charge in [-0.1, -0.05) is 12.1 Å². The van der Waals surface area contributed by atoms with Gasteiger partial charge in [-0.05, 0) is 19.1 Å². The van der Waals surface area contributed by atoms with Gasteiger partial charge in [-0.15, -0.1) is 0 Å². The second-order valence-corrected chi connectivity index (χ2v) is 5.56. The molecule has 1 aliphatic heterocycles. The van der Waals surface area contributed by atoms with Crippen LogP contribution in [0.4, 0.5) is 5.69 Å². The van der Waals surface area contributed by atoms with Gasteiger partial charge in [0.1, 0.15) is 11.4 Å². The van der Waals surface area contributed by atoms with E-state index in [4.69, 9.17) is 4.74 Å². The number of ether oxygens (including phenoxy) is 1. The Balaban J connectivity index is 1.56. The molecule has 9 nitrogen and oxygen atoms in total. The van der Waals surface area contributed by atoms with Crippen molar-refractivity contribution >= 4 is 23.4 Å². The van der Waals surface area contributed by atoms with E-state index in [0.29, 0.717) is 11.4 Å². The normalized spacial score (nSPS) is 15.7. The molecule has 134 valence electrons. The fourth-order valence-corrected chi connectivity index (χ4v) is 2.47. The zero-order valence-corrected chi connectivity index (χ0v) is 14.0. The molecule has 0 bridgehead atoms. The molecular formula is C17H17N5O4. The molecule has 0 spiro atoms. The van der Waals surface area contributed by atoms with Crippen molar-refractivity contribution in [1.29, 1.82) is 0 Å². The first-order chi connectivity index (χ1) is 12.6. The maximum absolute atomic E-state index is 12.3. The number of rotatable bonds is 4. The first kappa shape index (κ1) is 17.3. The molecular weight excluding hydrogens is 338 g/mol. The van der Waals surface area contributed by atoms with E-state index in [1.165, 1.54) is 23.5 Å². The van der Waals surface area contributed by atoms with Gasteiger partial charge in [0.15, 0.2) is 6.10 Å². The summed E-state index contributed by atoms with van der Waals surface area (Å²) in [5.41, 5.74) is 5.25. The number of fused-ring (bicyclic) bond motifs is 1. The summed E-state index contributed by atoms with van der Waals surface area (Å²) in [4.78, 5) is 45.2. The van der Waals surface area contributed by atoms with Crippen LogP contribution in [-0.2, 0) is 9.59 Å². The third kappa shape index (κ3) is 3.77. The highest BCUT2D eigenvalue weighted by Crippen LogP contribution is 2.33. The fraction of sp³-hybridized carbons (Fsp3) is 0.235. The van der Waals surface area contributed by atoms with E-state index in [9.17, 15) is 14.4 Å². The van der Waals surface area contributed by atoms with Gasteiger partial charge in [0.25, 0.3) is 11.8 Å². The van der Waals surface area contributed by atoms with Crippen LogP contribution in [0, 0.1) is 0 Å². The van der Waals surface area contributed by atoms with Crippen molar-refractivity contribution in [3.8, 4) is 5.75 Å². The molecule has 1 atom stereocenters. The van der Waals surface area contributed by atoms with Crippen LogP contribution >= 0.6 is 0 Å². The maximum atomic E-state index is 12.3. The van der Waals surface area contributed by atoms with Gasteiger partial charge >= 0.3 is 0 Å². The fourth-order valence-electron chi connectivity index (χ4n) is 2.47. The van der Waals surface area contributed by atoms with Gasteiger partial charge in [0.2, 0.25) is 5.91 Å². The minimum Gasteiger partial charge on any atom is -0.479 e. The summed E-state index contributed by atoms with van der Waals surface area (Å²) in [5.74, 6) is -0.643. The molecule has 3 amide bonds. The number of hydrazine groups is 1. The van der Waals surface area contributed by atoms with Crippen LogP contribution in [0.5, 0.6) is 5.75 Å². The number of anilines is 1. The Morgan fingerprint density at radius 2 is 2.04 bits per heavy atom. The Morgan fingerprint density at radius 1 is 1.23 bits per heavy atom. The summed E-state index contributed by atoms with van der Waals surface area (Å²) in [7, 11) is 0. The topological polar surface area (TPSA) is 114 Å². The molecule has 1 unspecified atom stereocenters. The number of aromatic nitrogens is 2. The van der Waals surface area contributed by atoms with Crippen molar-refractivity contribution in [3.05, 3.63) is 48.5 Å². The molecule has 2 N–H and O–H groups in total. The molecule has 0 saturated carbocycles. The van der Waals surface area contributed by atoms with E-state index in [1.807, 2.05) is 6.07 Å². The highest BCUT2D eigenvalue weighted by Gasteiger charge is 2.31. The summed E-state index contributed by atoms with van der Waals surface area (Å²) in [6.45, 7) is 1.82. The minimum absolute atomic E-state index is 0.00748. The molecule has 3 rings (SSSR count). The minimum atomic E-state index is -0.621. The van der Waals surface area contributed by atoms with Crippen LogP contribution in [0.25, 0.3) is 0 Å². The molecule has 1 aliphatic rings. The van der Waals surface area contributed by atoms with E-state index in [0.717, 1.165) is 0 Å². The molecule has 0 radical (unpaired) electrons. The van der Waals surface area contributed by atoms with Crippen molar-refractivity contribution in [1.82, 2.24) is 20.8 Å². The number of hydrogen-bond donors (Lipinski definition) is 2. The second kappa shape index (κ2) is 7.60. The van der Waals surface area contributed by atoms with Gasteiger partial charge < -0.3 is 9.64 Å². The smallest absolute Gasteiger partial charge is 0.289 e. The summed E-state index contributed by atoms with van der Waals surface area (Å²) >= 11 is 0. The van der Waals surface area contributed by atoms with E-state index >= 15 is 0 Å². The largest absolute Gasteiger partial charge is 0.479 e. The highest BCUT2D eigenvalue weighted by atomic mass is 16.5. The highest BCUT2D eigenvalue weighted by molar-refractivity contribution is 6.00. The van der Waals surface area contributed by atoms with Crippen LogP contribution in [0.3, 0.4) is 0 Å². The van der Waals surface area contributed by atoms with Crippen molar-refractivity contribution < 1.29 is 19.1 Å². The molecule has 1 aromatic heterocycles. The lowest BCUT2D eigenvalue weighted by molar-refractivity contribution is -0.125. The predicted molar refractivity (Wildman–Crippen MR) is 91.1 cm³/mol. The van der Waals surface area contributed by atoms with Crippen LogP contribution in [0.1, 0.15) is 23.8 Å². The number of para-hydroxylation sites is 2. The Hall–Kier alpha value is -3.49. The number of nitrogens with one attached hydrogen (secondary N) is 2. The SMILES string of the molecule is CC1Oc2ccccc2N(CCC(=O)NNC(=O)c2cnccn2)C1=O. The Labute approximate surface area is 149 Å². The van der Waals surface area contributed by atoms with Gasteiger partial charge in [0, 0.05) is 25.4 Å². The lowest BCUT2D eigenvalue weighted by atomic mass is 10.1. The van der Waals surface area contributed by atoms with Gasteiger partial charge in [-0.25, -0.2) is 4.98 Å². The predicted octanol–water partition coefficient (Wildman–Crippen LogP) is 0.442. The number of nitrogens with zero attached hydrogens (tertiary/aromatic N) is 3. The summed E-state index contributed by atoms with van der Waals surface area (Å²) in [5, 5.41) is 0. The molecule has 26 heavy (non-hydrogen) atoms. The summed E-state index contributed by atoms with van der Waals surface area (Å²) in [6.07, 6.45) is 3.48. The maximum Gasteiger partial charge on any atom is 0.289 e. The Morgan fingerprint density at radius 3 is 2.81 bits per heavy atom. The number of benzene rings is 1. The van der Waals surface area contributed by atoms with Gasteiger partial charge in [-0.2, -0.15) is 0 Å². The zero-order valence-electron chi connectivity index (χ0n) is 14.0. The van der Waals surface area contributed by atoms with E-state index in [-0.39, 0.29) is 24.6 Å². The molecule has 0 saturated heterocycles. The molecule has 2 heterocycles. The lowest BCUT2D eigenvalue weighted by Gasteiger charge is -2.32. The average molecular weight is 355 g/mol. The van der Waals surface area contributed by atoms with E-state index in [1.54, 1.807) is 25.1 Å². The average Bonchev–Trinajstić information content (AvgIpc) is 2.67. The first-order valence-electron chi connectivity index (χ1n) is 7.98. The van der Waals surface area contributed by atoms with E-state index < -0.39 is 17.9 Å². The molecule has 0 fully saturated rings. The number of hydrogen-bond acceptors (Lipinski definition) is 6. The third-order valence-corrected chi connectivity index (χ3v) is 3.75. The number of carbonyl (C=O) groups excluding carboxylic acids is 3. The Kier molecular flexibility index (Phi) is 5.07. The van der Waals surface area contributed by atoms with Gasteiger partial charge in [-0.3, -0.25) is 30.2 Å². The van der Waals surface area contributed by atoms with Crippen molar-refractivity contribution in [2.75, 3.05) is 11.4 Å². The summed E-state index contributed by atoms with van der Waals surface area (Å²) in [6, 6.07) is 7.13. The molecule has 0 aliphatic carbocycles. The second-order valence-electron chi connectivity index (χ2n) is 5.56. The lowest BCUT2D eigenvalue weighted by Crippen LogP contribution is -2.47. The van der Waals surface area contributed by atoms with Crippen molar-refractivity contribution in [3.63, 3.8) is 0 Å². The van der Waals surface area contributed by atoms with Gasteiger partial charge in [0.05, 0.1) is 11.9 Å².